The van der Waals surface area contributed by atoms with Crippen molar-refractivity contribution >= 4 is 17.3 Å². The molecule has 0 aromatic heterocycles. The predicted octanol–water partition coefficient (Wildman–Crippen LogP) is 5.14. The zero-order valence-electron chi connectivity index (χ0n) is 11.1. The number of aryl methyl sites for hydroxylation is 1. The summed E-state index contributed by atoms with van der Waals surface area (Å²) in [5.41, 5.74) is 5.04. The van der Waals surface area contributed by atoms with Crippen molar-refractivity contribution in [1.82, 2.24) is 0 Å². The standard InChI is InChI=1S/C17H18ClN/c1-12-5-8-16(18)17(9-12)19-11-13-3-2-4-15(10-13)14-6-7-14/h2-5,8-10,14,19H,6-7,11H2,1H3. The lowest BCUT2D eigenvalue weighted by Gasteiger charge is -2.10. The Morgan fingerprint density at radius 2 is 2.00 bits per heavy atom. The number of hydrogen-bond donors (Lipinski definition) is 1. The van der Waals surface area contributed by atoms with Crippen molar-refractivity contribution in [2.75, 3.05) is 5.32 Å². The first kappa shape index (κ1) is 12.6. The predicted molar refractivity (Wildman–Crippen MR) is 81.9 cm³/mol. The molecule has 0 aliphatic heterocycles. The number of hydrogen-bond acceptors (Lipinski definition) is 1. The third-order valence-electron chi connectivity index (χ3n) is 3.60. The van der Waals surface area contributed by atoms with Crippen LogP contribution in [0.1, 0.15) is 35.4 Å². The molecule has 0 amide bonds. The summed E-state index contributed by atoms with van der Waals surface area (Å²) in [5.74, 6) is 0.808. The summed E-state index contributed by atoms with van der Waals surface area (Å²) in [7, 11) is 0. The Morgan fingerprint density at radius 3 is 2.79 bits per heavy atom. The highest BCUT2D eigenvalue weighted by Crippen LogP contribution is 2.40. The van der Waals surface area contributed by atoms with Crippen LogP contribution in [0, 0.1) is 6.92 Å². The van der Waals surface area contributed by atoms with E-state index in [-0.39, 0.29) is 0 Å². The maximum Gasteiger partial charge on any atom is 0.0637 e. The average molecular weight is 272 g/mol. The molecule has 19 heavy (non-hydrogen) atoms. The SMILES string of the molecule is Cc1ccc(Cl)c(NCc2cccc(C3CC3)c2)c1. The molecule has 0 radical (unpaired) electrons. The van der Waals surface area contributed by atoms with Crippen molar-refractivity contribution in [1.29, 1.82) is 0 Å². The topological polar surface area (TPSA) is 12.0 Å². The van der Waals surface area contributed by atoms with Gasteiger partial charge in [0.05, 0.1) is 10.7 Å². The monoisotopic (exact) mass is 271 g/mol. The molecule has 0 unspecified atom stereocenters. The molecule has 2 aromatic carbocycles. The maximum absolute atomic E-state index is 6.19. The minimum absolute atomic E-state index is 0.781. The van der Waals surface area contributed by atoms with Gasteiger partial charge in [-0.3, -0.25) is 0 Å². The normalized spacial score (nSPS) is 14.4. The largest absolute Gasteiger partial charge is 0.380 e. The van der Waals surface area contributed by atoms with E-state index in [1.807, 2.05) is 12.1 Å². The van der Waals surface area contributed by atoms with Crippen molar-refractivity contribution in [3.8, 4) is 0 Å². The van der Waals surface area contributed by atoms with Gasteiger partial charge in [-0.15, -0.1) is 0 Å². The minimum atomic E-state index is 0.781. The molecule has 98 valence electrons. The molecule has 2 aromatic rings. The average Bonchev–Trinajstić information content (AvgIpc) is 3.25. The van der Waals surface area contributed by atoms with Gasteiger partial charge in [-0.1, -0.05) is 41.9 Å². The molecule has 3 rings (SSSR count). The lowest BCUT2D eigenvalue weighted by molar-refractivity contribution is 1.08. The molecule has 1 aliphatic carbocycles. The van der Waals surface area contributed by atoms with E-state index in [9.17, 15) is 0 Å². The summed E-state index contributed by atoms with van der Waals surface area (Å²) in [6.45, 7) is 2.90. The summed E-state index contributed by atoms with van der Waals surface area (Å²) >= 11 is 6.19. The number of anilines is 1. The molecule has 1 fully saturated rings. The summed E-state index contributed by atoms with van der Waals surface area (Å²) in [4.78, 5) is 0. The highest BCUT2D eigenvalue weighted by atomic mass is 35.5. The molecular weight excluding hydrogens is 254 g/mol. The van der Waals surface area contributed by atoms with Crippen LogP contribution in [0.5, 0.6) is 0 Å². The Morgan fingerprint density at radius 1 is 1.16 bits per heavy atom. The van der Waals surface area contributed by atoms with Gasteiger partial charge in [-0.05, 0) is 54.5 Å². The van der Waals surface area contributed by atoms with Gasteiger partial charge in [-0.2, -0.15) is 0 Å². The zero-order chi connectivity index (χ0) is 13.2. The van der Waals surface area contributed by atoms with E-state index in [0.29, 0.717) is 0 Å². The van der Waals surface area contributed by atoms with Crippen LogP contribution in [0.15, 0.2) is 42.5 Å². The number of rotatable bonds is 4. The van der Waals surface area contributed by atoms with Crippen LogP contribution in [0.2, 0.25) is 5.02 Å². The molecule has 1 aliphatic rings. The second-order valence-electron chi connectivity index (χ2n) is 5.36. The summed E-state index contributed by atoms with van der Waals surface area (Å²) in [5, 5.41) is 4.21. The van der Waals surface area contributed by atoms with Gasteiger partial charge in [-0.25, -0.2) is 0 Å². The van der Waals surface area contributed by atoms with Crippen molar-refractivity contribution in [2.24, 2.45) is 0 Å². The highest BCUT2D eigenvalue weighted by molar-refractivity contribution is 6.33. The number of nitrogens with one attached hydrogen (secondary N) is 1. The zero-order valence-corrected chi connectivity index (χ0v) is 11.9. The number of halogens is 1. The van der Waals surface area contributed by atoms with Gasteiger partial charge in [0.15, 0.2) is 0 Å². The second kappa shape index (κ2) is 5.26. The quantitative estimate of drug-likeness (QED) is 0.812. The fraction of sp³-hybridized carbons (Fsp3) is 0.294. The molecule has 1 N–H and O–H groups in total. The van der Waals surface area contributed by atoms with E-state index in [1.165, 1.54) is 29.5 Å². The van der Waals surface area contributed by atoms with Crippen LogP contribution in [0.4, 0.5) is 5.69 Å². The lowest BCUT2D eigenvalue weighted by Crippen LogP contribution is -2.00. The second-order valence-corrected chi connectivity index (χ2v) is 5.76. The van der Waals surface area contributed by atoms with Gasteiger partial charge >= 0.3 is 0 Å². The lowest BCUT2D eigenvalue weighted by atomic mass is 10.1. The van der Waals surface area contributed by atoms with E-state index in [1.54, 1.807) is 0 Å². The molecule has 0 bridgehead atoms. The molecule has 0 saturated heterocycles. The van der Waals surface area contributed by atoms with Crippen LogP contribution in [-0.2, 0) is 6.54 Å². The van der Waals surface area contributed by atoms with Gasteiger partial charge in [0.1, 0.15) is 0 Å². The highest BCUT2D eigenvalue weighted by Gasteiger charge is 2.23. The molecule has 1 saturated carbocycles. The maximum atomic E-state index is 6.19. The van der Waals surface area contributed by atoms with Crippen LogP contribution in [0.25, 0.3) is 0 Å². The summed E-state index contributed by atoms with van der Waals surface area (Å²) in [6.07, 6.45) is 2.70. The van der Waals surface area contributed by atoms with Gasteiger partial charge in [0.25, 0.3) is 0 Å². The van der Waals surface area contributed by atoms with E-state index >= 15 is 0 Å². The van der Waals surface area contributed by atoms with Gasteiger partial charge in [0.2, 0.25) is 0 Å². The van der Waals surface area contributed by atoms with E-state index in [0.717, 1.165) is 23.2 Å². The first-order valence-electron chi connectivity index (χ1n) is 6.81. The fourth-order valence-corrected chi connectivity index (χ4v) is 2.53. The van der Waals surface area contributed by atoms with E-state index in [2.05, 4.69) is 42.6 Å². The Kier molecular flexibility index (Phi) is 3.48. The summed E-state index contributed by atoms with van der Waals surface area (Å²) < 4.78 is 0. The van der Waals surface area contributed by atoms with Crippen LogP contribution >= 0.6 is 11.6 Å². The van der Waals surface area contributed by atoms with Crippen LogP contribution in [-0.4, -0.2) is 0 Å². The molecule has 0 atom stereocenters. The molecule has 0 heterocycles. The van der Waals surface area contributed by atoms with E-state index in [4.69, 9.17) is 11.6 Å². The Labute approximate surface area is 119 Å². The van der Waals surface area contributed by atoms with Crippen molar-refractivity contribution < 1.29 is 0 Å². The molecule has 1 nitrogen and oxygen atoms in total. The Hall–Kier alpha value is -1.47. The van der Waals surface area contributed by atoms with Crippen LogP contribution in [0.3, 0.4) is 0 Å². The molecule has 0 spiro atoms. The third kappa shape index (κ3) is 3.10. The van der Waals surface area contributed by atoms with E-state index < -0.39 is 0 Å². The Bertz CT molecular complexity index is 588. The molecular formula is C17H18ClN. The Balaban J connectivity index is 1.71. The smallest absolute Gasteiger partial charge is 0.0637 e. The first-order chi connectivity index (χ1) is 9.22. The van der Waals surface area contributed by atoms with Crippen molar-refractivity contribution in [3.63, 3.8) is 0 Å². The summed E-state index contributed by atoms with van der Waals surface area (Å²) in [6, 6.07) is 14.9. The minimum Gasteiger partial charge on any atom is -0.380 e. The third-order valence-corrected chi connectivity index (χ3v) is 3.93. The fourth-order valence-electron chi connectivity index (χ4n) is 2.35. The number of benzene rings is 2. The van der Waals surface area contributed by atoms with Crippen molar-refractivity contribution in [3.05, 3.63) is 64.2 Å². The molecule has 2 heteroatoms. The van der Waals surface area contributed by atoms with Crippen LogP contribution < -0.4 is 5.32 Å². The van der Waals surface area contributed by atoms with Crippen molar-refractivity contribution in [2.45, 2.75) is 32.2 Å². The first-order valence-corrected chi connectivity index (χ1v) is 7.19. The van der Waals surface area contributed by atoms with Gasteiger partial charge in [0, 0.05) is 6.54 Å². The van der Waals surface area contributed by atoms with Gasteiger partial charge < -0.3 is 5.32 Å².